The van der Waals surface area contributed by atoms with Gasteiger partial charge in [-0.25, -0.2) is 14.6 Å². The molecule has 4 aromatic rings. The number of fused-ring (bicyclic) bond motifs is 2. The van der Waals surface area contributed by atoms with Gasteiger partial charge < -0.3 is 10.1 Å². The Morgan fingerprint density at radius 1 is 1.00 bits per heavy atom. The van der Waals surface area contributed by atoms with Crippen LogP contribution in [-0.4, -0.2) is 26.4 Å². The van der Waals surface area contributed by atoms with E-state index in [1.54, 1.807) is 6.33 Å². The number of rotatable bonds is 3. The highest BCUT2D eigenvalue weighted by Gasteiger charge is 2.22. The summed E-state index contributed by atoms with van der Waals surface area (Å²) in [4.78, 5) is 8.90. The van der Waals surface area contributed by atoms with E-state index in [4.69, 9.17) is 4.74 Å². The van der Waals surface area contributed by atoms with E-state index in [1.165, 1.54) is 0 Å². The highest BCUT2D eigenvalue weighted by molar-refractivity contribution is 5.87. The fourth-order valence-corrected chi connectivity index (χ4v) is 3.37. The Bertz CT molecular complexity index is 1060. The van der Waals surface area contributed by atoms with Crippen LogP contribution in [0.5, 0.6) is 5.75 Å². The van der Waals surface area contributed by atoms with E-state index < -0.39 is 0 Å². The van der Waals surface area contributed by atoms with Gasteiger partial charge in [-0.3, -0.25) is 0 Å². The highest BCUT2D eigenvalue weighted by Crippen LogP contribution is 2.35. The zero-order valence-corrected chi connectivity index (χ0v) is 14.0. The second-order valence-corrected chi connectivity index (χ2v) is 6.22. The van der Waals surface area contributed by atoms with E-state index in [2.05, 4.69) is 26.4 Å². The lowest BCUT2D eigenvalue weighted by atomic mass is 10.0. The summed E-state index contributed by atoms with van der Waals surface area (Å²) in [7, 11) is 0. The molecule has 6 heteroatoms. The molecule has 1 N–H and O–H groups in total. The minimum absolute atomic E-state index is 0.151. The maximum absolute atomic E-state index is 5.75. The van der Waals surface area contributed by atoms with Crippen LogP contribution in [0.2, 0.25) is 0 Å². The predicted molar refractivity (Wildman–Crippen MR) is 99.6 cm³/mol. The van der Waals surface area contributed by atoms with Crippen molar-refractivity contribution in [2.45, 2.75) is 12.5 Å². The lowest BCUT2D eigenvalue weighted by molar-refractivity contribution is 0.274. The first-order valence-electron chi connectivity index (χ1n) is 8.62. The number of hydrogen-bond donors (Lipinski definition) is 1. The summed E-state index contributed by atoms with van der Waals surface area (Å²) >= 11 is 0. The van der Waals surface area contributed by atoms with Crippen molar-refractivity contribution >= 4 is 16.9 Å². The first-order valence-corrected chi connectivity index (χ1v) is 8.62. The van der Waals surface area contributed by atoms with Crippen molar-refractivity contribution < 1.29 is 4.74 Å². The molecule has 2 aromatic heterocycles. The van der Waals surface area contributed by atoms with Gasteiger partial charge in [-0.05, 0) is 18.2 Å². The Labute approximate surface area is 150 Å². The topological polar surface area (TPSA) is 64.9 Å². The van der Waals surface area contributed by atoms with Crippen molar-refractivity contribution in [3.8, 4) is 11.4 Å². The third-order valence-corrected chi connectivity index (χ3v) is 4.64. The fraction of sp³-hybridized carbons (Fsp3) is 0.150. The Balaban J connectivity index is 1.54. The SMILES string of the molecule is c1ccc(-n2ncc3c(NC4CCOc5ccccc54)ncnc32)cc1. The molecule has 0 saturated carbocycles. The van der Waals surface area contributed by atoms with E-state index in [0.29, 0.717) is 6.61 Å². The fourth-order valence-electron chi connectivity index (χ4n) is 3.37. The molecule has 0 saturated heterocycles. The van der Waals surface area contributed by atoms with Crippen LogP contribution in [0.1, 0.15) is 18.0 Å². The Kier molecular flexibility index (Phi) is 3.52. The molecule has 1 atom stereocenters. The van der Waals surface area contributed by atoms with E-state index in [9.17, 15) is 0 Å². The molecule has 1 unspecified atom stereocenters. The number of ether oxygens (including phenoxy) is 1. The summed E-state index contributed by atoms with van der Waals surface area (Å²) in [6, 6.07) is 18.3. The van der Waals surface area contributed by atoms with Crippen molar-refractivity contribution in [1.29, 1.82) is 0 Å². The quantitative estimate of drug-likeness (QED) is 0.614. The van der Waals surface area contributed by atoms with Crippen LogP contribution in [0.4, 0.5) is 5.82 Å². The van der Waals surface area contributed by atoms with Gasteiger partial charge in [0.1, 0.15) is 17.9 Å². The number of aromatic nitrogens is 4. The van der Waals surface area contributed by atoms with E-state index in [-0.39, 0.29) is 6.04 Å². The maximum atomic E-state index is 5.75. The van der Waals surface area contributed by atoms with Crippen molar-refractivity contribution in [1.82, 2.24) is 19.7 Å². The molecule has 0 fully saturated rings. The molecule has 0 radical (unpaired) electrons. The number of hydrogen-bond acceptors (Lipinski definition) is 5. The van der Waals surface area contributed by atoms with Gasteiger partial charge in [0, 0.05) is 12.0 Å². The normalized spacial score (nSPS) is 16.1. The number of nitrogens with one attached hydrogen (secondary N) is 1. The van der Waals surface area contributed by atoms with Crippen LogP contribution in [0.15, 0.2) is 67.1 Å². The summed E-state index contributed by atoms with van der Waals surface area (Å²) < 4.78 is 7.59. The highest BCUT2D eigenvalue weighted by atomic mass is 16.5. The molecule has 128 valence electrons. The molecule has 2 aromatic carbocycles. The van der Waals surface area contributed by atoms with Crippen LogP contribution < -0.4 is 10.1 Å². The van der Waals surface area contributed by atoms with Crippen molar-refractivity contribution in [2.24, 2.45) is 0 Å². The molecule has 3 heterocycles. The molecule has 1 aliphatic rings. The Morgan fingerprint density at radius 3 is 2.77 bits per heavy atom. The Hall–Kier alpha value is -3.41. The molecule has 0 aliphatic carbocycles. The van der Waals surface area contributed by atoms with Gasteiger partial charge in [-0.2, -0.15) is 5.10 Å². The van der Waals surface area contributed by atoms with Crippen LogP contribution in [0, 0.1) is 0 Å². The van der Waals surface area contributed by atoms with Crippen LogP contribution in [0.3, 0.4) is 0 Å². The van der Waals surface area contributed by atoms with Gasteiger partial charge in [-0.15, -0.1) is 0 Å². The molecule has 5 rings (SSSR count). The summed E-state index contributed by atoms with van der Waals surface area (Å²) in [6.07, 6.45) is 4.28. The standard InChI is InChI=1S/C20H17N5O/c1-2-6-14(7-3-1)25-20-16(12-23-25)19(21-13-22-20)24-17-10-11-26-18-9-5-4-8-15(17)18/h1-9,12-13,17H,10-11H2,(H,21,22,24). The van der Waals surface area contributed by atoms with Crippen molar-refractivity contribution in [3.63, 3.8) is 0 Å². The zero-order valence-electron chi connectivity index (χ0n) is 14.0. The monoisotopic (exact) mass is 343 g/mol. The van der Waals surface area contributed by atoms with Gasteiger partial charge in [0.25, 0.3) is 0 Å². The van der Waals surface area contributed by atoms with Crippen LogP contribution in [-0.2, 0) is 0 Å². The van der Waals surface area contributed by atoms with Crippen molar-refractivity contribution in [2.75, 3.05) is 11.9 Å². The second-order valence-electron chi connectivity index (χ2n) is 6.22. The van der Waals surface area contributed by atoms with Crippen molar-refractivity contribution in [3.05, 3.63) is 72.7 Å². The number of benzene rings is 2. The first-order chi connectivity index (χ1) is 12.9. The average Bonchev–Trinajstić information content (AvgIpc) is 3.14. The van der Waals surface area contributed by atoms with Gasteiger partial charge >= 0.3 is 0 Å². The van der Waals surface area contributed by atoms with Gasteiger partial charge in [0.2, 0.25) is 0 Å². The third-order valence-electron chi connectivity index (χ3n) is 4.64. The zero-order chi connectivity index (χ0) is 17.3. The van der Waals surface area contributed by atoms with Crippen LogP contribution >= 0.6 is 0 Å². The third kappa shape index (κ3) is 2.47. The summed E-state index contributed by atoms with van der Waals surface area (Å²) in [6.45, 7) is 0.687. The summed E-state index contributed by atoms with van der Waals surface area (Å²) in [5.74, 6) is 1.72. The van der Waals surface area contributed by atoms with E-state index in [1.807, 2.05) is 59.4 Å². The van der Waals surface area contributed by atoms with E-state index in [0.717, 1.165) is 40.3 Å². The predicted octanol–water partition coefficient (Wildman–Crippen LogP) is 3.75. The second kappa shape index (κ2) is 6.15. The molecule has 6 nitrogen and oxygen atoms in total. The molecule has 0 amide bonds. The molecule has 1 aliphatic heterocycles. The van der Waals surface area contributed by atoms with E-state index >= 15 is 0 Å². The molecule has 0 bridgehead atoms. The number of anilines is 1. The molecular weight excluding hydrogens is 326 g/mol. The van der Waals surface area contributed by atoms with Gasteiger partial charge in [0.05, 0.1) is 29.9 Å². The number of para-hydroxylation sites is 2. The Morgan fingerprint density at radius 2 is 1.85 bits per heavy atom. The smallest absolute Gasteiger partial charge is 0.168 e. The number of nitrogens with zero attached hydrogens (tertiary/aromatic N) is 4. The molecular formula is C20H17N5O. The minimum Gasteiger partial charge on any atom is -0.493 e. The van der Waals surface area contributed by atoms with Gasteiger partial charge in [0.15, 0.2) is 5.65 Å². The van der Waals surface area contributed by atoms with Gasteiger partial charge in [-0.1, -0.05) is 36.4 Å². The largest absolute Gasteiger partial charge is 0.493 e. The minimum atomic E-state index is 0.151. The maximum Gasteiger partial charge on any atom is 0.168 e. The van der Waals surface area contributed by atoms with Crippen LogP contribution in [0.25, 0.3) is 16.7 Å². The summed E-state index contributed by atoms with van der Waals surface area (Å²) in [5, 5.41) is 8.98. The first kappa shape index (κ1) is 14.9. The lowest BCUT2D eigenvalue weighted by Crippen LogP contribution is -2.20. The molecule has 26 heavy (non-hydrogen) atoms. The summed E-state index contributed by atoms with van der Waals surface area (Å²) in [5.41, 5.74) is 2.92. The molecule has 0 spiro atoms. The lowest BCUT2D eigenvalue weighted by Gasteiger charge is -2.27. The average molecular weight is 343 g/mol.